The quantitative estimate of drug-likeness (QED) is 0.834. The molecule has 0 saturated heterocycles. The Kier molecular flexibility index (Phi) is 5.07. The topological polar surface area (TPSA) is 21.3 Å². The second-order valence-electron chi connectivity index (χ2n) is 6.48. The number of benzene rings is 1. The van der Waals surface area contributed by atoms with Crippen LogP contribution >= 0.6 is 11.6 Å². The number of hydrogen-bond donors (Lipinski definition) is 1. The van der Waals surface area contributed by atoms with E-state index in [2.05, 4.69) is 18.3 Å². The van der Waals surface area contributed by atoms with E-state index in [4.69, 9.17) is 16.3 Å². The summed E-state index contributed by atoms with van der Waals surface area (Å²) in [6.45, 7) is 3.26. The molecule has 1 heterocycles. The SMILES string of the molecule is CCCNC1CC(C2CCCCC2)Oc2ccc(Cl)cc21. The summed E-state index contributed by atoms with van der Waals surface area (Å²) in [5, 5.41) is 4.49. The van der Waals surface area contributed by atoms with Gasteiger partial charge in [-0.15, -0.1) is 0 Å². The molecule has 2 atom stereocenters. The Morgan fingerprint density at radius 1 is 1.24 bits per heavy atom. The highest BCUT2D eigenvalue weighted by Gasteiger charge is 2.33. The van der Waals surface area contributed by atoms with Gasteiger partial charge in [0.2, 0.25) is 0 Å². The molecule has 0 aromatic heterocycles. The lowest BCUT2D eigenvalue weighted by molar-refractivity contribution is 0.0728. The molecule has 1 saturated carbocycles. The van der Waals surface area contributed by atoms with Crippen LogP contribution in [0.1, 0.15) is 63.5 Å². The average molecular weight is 308 g/mol. The second kappa shape index (κ2) is 7.02. The summed E-state index contributed by atoms with van der Waals surface area (Å²) < 4.78 is 6.34. The van der Waals surface area contributed by atoms with Crippen LogP contribution in [0.3, 0.4) is 0 Å². The molecule has 1 aromatic rings. The first-order valence-electron chi connectivity index (χ1n) is 8.47. The van der Waals surface area contributed by atoms with Gasteiger partial charge in [-0.25, -0.2) is 0 Å². The van der Waals surface area contributed by atoms with Crippen molar-refractivity contribution in [3.8, 4) is 5.75 Å². The van der Waals surface area contributed by atoms with Crippen molar-refractivity contribution in [1.82, 2.24) is 5.32 Å². The standard InChI is InChI=1S/C18H26ClNO/c1-2-10-20-16-12-18(13-6-4-3-5-7-13)21-17-9-8-14(19)11-15(16)17/h8-9,11,13,16,18,20H,2-7,10,12H2,1H3. The molecule has 116 valence electrons. The zero-order valence-electron chi connectivity index (χ0n) is 12.9. The second-order valence-corrected chi connectivity index (χ2v) is 6.92. The maximum Gasteiger partial charge on any atom is 0.124 e. The normalized spacial score (nSPS) is 26.2. The molecular formula is C18H26ClNO. The Balaban J connectivity index is 1.80. The van der Waals surface area contributed by atoms with Crippen LogP contribution in [-0.2, 0) is 0 Å². The number of ether oxygens (including phenoxy) is 1. The van der Waals surface area contributed by atoms with Crippen LogP contribution in [0.15, 0.2) is 18.2 Å². The Morgan fingerprint density at radius 3 is 2.81 bits per heavy atom. The molecule has 21 heavy (non-hydrogen) atoms. The molecule has 1 aliphatic heterocycles. The van der Waals surface area contributed by atoms with Crippen molar-refractivity contribution in [3.05, 3.63) is 28.8 Å². The van der Waals surface area contributed by atoms with Crippen LogP contribution in [-0.4, -0.2) is 12.6 Å². The molecule has 0 spiro atoms. The van der Waals surface area contributed by atoms with Gasteiger partial charge in [0.1, 0.15) is 11.9 Å². The zero-order chi connectivity index (χ0) is 14.7. The van der Waals surface area contributed by atoms with Crippen LogP contribution in [0.5, 0.6) is 5.75 Å². The van der Waals surface area contributed by atoms with E-state index in [0.29, 0.717) is 12.1 Å². The highest BCUT2D eigenvalue weighted by Crippen LogP contribution is 2.41. The highest BCUT2D eigenvalue weighted by atomic mass is 35.5. The fourth-order valence-corrected chi connectivity index (χ4v) is 3.96. The summed E-state index contributed by atoms with van der Waals surface area (Å²) in [5.41, 5.74) is 1.24. The van der Waals surface area contributed by atoms with E-state index < -0.39 is 0 Å². The molecule has 0 bridgehead atoms. The van der Waals surface area contributed by atoms with Gasteiger partial charge < -0.3 is 10.1 Å². The maximum atomic E-state index is 6.34. The summed E-state index contributed by atoms with van der Waals surface area (Å²) in [6, 6.07) is 6.45. The number of hydrogen-bond acceptors (Lipinski definition) is 2. The molecule has 2 nitrogen and oxygen atoms in total. The lowest BCUT2D eigenvalue weighted by Crippen LogP contribution is -2.38. The van der Waals surface area contributed by atoms with Crippen LogP contribution in [0.4, 0.5) is 0 Å². The minimum Gasteiger partial charge on any atom is -0.490 e. The predicted octanol–water partition coefficient (Wildman–Crippen LogP) is 5.11. The van der Waals surface area contributed by atoms with Gasteiger partial charge in [-0.3, -0.25) is 0 Å². The van der Waals surface area contributed by atoms with Crippen LogP contribution in [0.2, 0.25) is 5.02 Å². The average Bonchev–Trinajstić information content (AvgIpc) is 2.53. The molecule has 3 rings (SSSR count). The van der Waals surface area contributed by atoms with Gasteiger partial charge in [-0.2, -0.15) is 0 Å². The van der Waals surface area contributed by atoms with Crippen molar-refractivity contribution in [2.75, 3.05) is 6.54 Å². The lowest BCUT2D eigenvalue weighted by atomic mass is 9.81. The first-order valence-corrected chi connectivity index (χ1v) is 8.85. The number of halogens is 1. The zero-order valence-corrected chi connectivity index (χ0v) is 13.7. The van der Waals surface area contributed by atoms with Crippen molar-refractivity contribution < 1.29 is 4.74 Å². The molecular weight excluding hydrogens is 282 g/mol. The first-order chi connectivity index (χ1) is 10.3. The van der Waals surface area contributed by atoms with Crippen molar-refractivity contribution in [2.45, 2.75) is 64.0 Å². The van der Waals surface area contributed by atoms with E-state index in [1.54, 1.807) is 0 Å². The van der Waals surface area contributed by atoms with E-state index in [9.17, 15) is 0 Å². The third-order valence-electron chi connectivity index (χ3n) is 4.91. The third kappa shape index (κ3) is 3.54. The molecule has 0 amide bonds. The Morgan fingerprint density at radius 2 is 2.05 bits per heavy atom. The first kappa shape index (κ1) is 15.2. The van der Waals surface area contributed by atoms with Gasteiger partial charge >= 0.3 is 0 Å². The Labute approximate surface area is 133 Å². The van der Waals surface area contributed by atoms with Gasteiger partial charge in [-0.1, -0.05) is 37.8 Å². The van der Waals surface area contributed by atoms with Crippen LogP contribution in [0, 0.1) is 5.92 Å². The molecule has 1 aromatic carbocycles. The van der Waals surface area contributed by atoms with Gasteiger partial charge in [0.05, 0.1) is 0 Å². The minimum atomic E-state index is 0.369. The van der Waals surface area contributed by atoms with E-state index in [1.165, 1.54) is 37.7 Å². The van der Waals surface area contributed by atoms with Gasteiger partial charge in [-0.05, 0) is 49.9 Å². The Bertz CT molecular complexity index is 470. The smallest absolute Gasteiger partial charge is 0.124 e. The van der Waals surface area contributed by atoms with E-state index >= 15 is 0 Å². The van der Waals surface area contributed by atoms with Gasteiger partial charge in [0, 0.05) is 23.0 Å². The van der Waals surface area contributed by atoms with Gasteiger partial charge in [0.25, 0.3) is 0 Å². The van der Waals surface area contributed by atoms with Gasteiger partial charge in [0.15, 0.2) is 0 Å². The summed E-state index contributed by atoms with van der Waals surface area (Å²) in [6.07, 6.45) is 9.39. The summed E-state index contributed by atoms with van der Waals surface area (Å²) >= 11 is 6.18. The summed E-state index contributed by atoms with van der Waals surface area (Å²) in [7, 11) is 0. The Hall–Kier alpha value is -0.730. The molecule has 1 fully saturated rings. The van der Waals surface area contributed by atoms with E-state index in [1.807, 2.05) is 12.1 Å². The molecule has 1 N–H and O–H groups in total. The van der Waals surface area contributed by atoms with Crippen molar-refractivity contribution >= 4 is 11.6 Å². The lowest BCUT2D eigenvalue weighted by Gasteiger charge is -2.38. The third-order valence-corrected chi connectivity index (χ3v) is 5.15. The molecule has 2 aliphatic rings. The minimum absolute atomic E-state index is 0.369. The van der Waals surface area contributed by atoms with Crippen LogP contribution in [0.25, 0.3) is 0 Å². The van der Waals surface area contributed by atoms with Crippen molar-refractivity contribution in [1.29, 1.82) is 0 Å². The number of rotatable bonds is 4. The monoisotopic (exact) mass is 307 g/mol. The maximum absolute atomic E-state index is 6.34. The molecule has 0 radical (unpaired) electrons. The van der Waals surface area contributed by atoms with Crippen molar-refractivity contribution in [2.24, 2.45) is 5.92 Å². The van der Waals surface area contributed by atoms with E-state index in [0.717, 1.165) is 36.1 Å². The summed E-state index contributed by atoms with van der Waals surface area (Å²) in [4.78, 5) is 0. The predicted molar refractivity (Wildman–Crippen MR) is 88.1 cm³/mol. The fourth-order valence-electron chi connectivity index (χ4n) is 3.78. The molecule has 1 aliphatic carbocycles. The number of fused-ring (bicyclic) bond motifs is 1. The fraction of sp³-hybridized carbons (Fsp3) is 0.667. The van der Waals surface area contributed by atoms with Crippen molar-refractivity contribution in [3.63, 3.8) is 0 Å². The van der Waals surface area contributed by atoms with E-state index in [-0.39, 0.29) is 0 Å². The highest BCUT2D eigenvalue weighted by molar-refractivity contribution is 6.30. The molecule has 2 unspecified atom stereocenters. The number of nitrogens with one attached hydrogen (secondary N) is 1. The van der Waals surface area contributed by atoms with Crippen LogP contribution < -0.4 is 10.1 Å². The molecule has 3 heteroatoms. The largest absolute Gasteiger partial charge is 0.490 e. The summed E-state index contributed by atoms with van der Waals surface area (Å²) in [5.74, 6) is 1.77.